The first-order valence-corrected chi connectivity index (χ1v) is 7.17. The topological polar surface area (TPSA) is 55.8 Å². The highest BCUT2D eigenvalue weighted by atomic mass is 32.2. The predicted molar refractivity (Wildman–Crippen MR) is 62.7 cm³/mol. The molecule has 0 radical (unpaired) electrons. The molecular weight excluding hydrogens is 299 g/mol. The summed E-state index contributed by atoms with van der Waals surface area (Å²) in [6, 6.07) is 4.34. The second-order valence-electron chi connectivity index (χ2n) is 4.04. The smallest absolute Gasteiger partial charge is 0.406 e. The zero-order valence-corrected chi connectivity index (χ0v) is 11.1. The van der Waals surface area contributed by atoms with Crippen LogP contribution in [-0.2, 0) is 14.8 Å². The van der Waals surface area contributed by atoms with Gasteiger partial charge in [0, 0.05) is 19.2 Å². The molecule has 2 rings (SSSR count). The number of hydrogen-bond donors (Lipinski definition) is 0. The lowest BCUT2D eigenvalue weighted by Crippen LogP contribution is -2.40. The zero-order valence-electron chi connectivity index (χ0n) is 10.3. The van der Waals surface area contributed by atoms with E-state index in [1.807, 2.05) is 0 Å². The molecule has 0 atom stereocenters. The van der Waals surface area contributed by atoms with Crippen LogP contribution >= 0.6 is 0 Å². The van der Waals surface area contributed by atoms with E-state index in [1.54, 1.807) is 0 Å². The normalized spacial score (nSPS) is 17.9. The van der Waals surface area contributed by atoms with Crippen molar-refractivity contribution in [2.45, 2.75) is 11.3 Å². The van der Waals surface area contributed by atoms with Crippen molar-refractivity contribution in [3.63, 3.8) is 0 Å². The van der Waals surface area contributed by atoms with Crippen molar-refractivity contribution in [1.29, 1.82) is 0 Å². The molecule has 0 bridgehead atoms. The van der Waals surface area contributed by atoms with E-state index in [0.717, 1.165) is 12.1 Å². The fourth-order valence-electron chi connectivity index (χ4n) is 1.77. The van der Waals surface area contributed by atoms with Gasteiger partial charge in [0.1, 0.15) is 5.75 Å². The number of halogens is 3. The largest absolute Gasteiger partial charge is 0.573 e. The zero-order chi connectivity index (χ0) is 14.8. The number of benzene rings is 1. The van der Waals surface area contributed by atoms with Gasteiger partial charge in [-0.15, -0.1) is 13.2 Å². The minimum absolute atomic E-state index is 0.173. The molecule has 20 heavy (non-hydrogen) atoms. The molecule has 0 amide bonds. The molecule has 1 aliphatic rings. The third-order valence-corrected chi connectivity index (χ3v) is 4.54. The van der Waals surface area contributed by atoms with E-state index in [9.17, 15) is 21.6 Å². The summed E-state index contributed by atoms with van der Waals surface area (Å²) in [5.41, 5.74) is 0. The van der Waals surface area contributed by atoms with Gasteiger partial charge in [-0.2, -0.15) is 4.31 Å². The highest BCUT2D eigenvalue weighted by Gasteiger charge is 2.32. The summed E-state index contributed by atoms with van der Waals surface area (Å²) in [7, 11) is -3.83. The van der Waals surface area contributed by atoms with E-state index in [0.29, 0.717) is 0 Å². The fraction of sp³-hybridized carbons (Fsp3) is 0.455. The van der Waals surface area contributed by atoms with E-state index in [-0.39, 0.29) is 31.2 Å². The van der Waals surface area contributed by atoms with Crippen LogP contribution in [0.1, 0.15) is 0 Å². The fourth-order valence-corrected chi connectivity index (χ4v) is 3.21. The molecule has 1 heterocycles. The maximum Gasteiger partial charge on any atom is 0.573 e. The Balaban J connectivity index is 2.25. The van der Waals surface area contributed by atoms with Gasteiger partial charge < -0.3 is 9.47 Å². The molecule has 1 aromatic carbocycles. The maximum atomic E-state index is 12.2. The minimum atomic E-state index is -4.86. The molecule has 0 aromatic heterocycles. The lowest BCUT2D eigenvalue weighted by Gasteiger charge is -2.26. The van der Waals surface area contributed by atoms with Crippen molar-refractivity contribution < 1.29 is 31.1 Å². The number of hydrogen-bond acceptors (Lipinski definition) is 4. The van der Waals surface area contributed by atoms with E-state index in [2.05, 4.69) is 4.74 Å². The van der Waals surface area contributed by atoms with Crippen LogP contribution < -0.4 is 4.74 Å². The molecule has 112 valence electrons. The van der Waals surface area contributed by atoms with Crippen molar-refractivity contribution in [2.24, 2.45) is 0 Å². The molecule has 9 heteroatoms. The summed E-state index contributed by atoms with van der Waals surface area (Å²) >= 11 is 0. The van der Waals surface area contributed by atoms with Crippen LogP contribution in [-0.4, -0.2) is 45.4 Å². The average molecular weight is 311 g/mol. The number of rotatable bonds is 3. The molecule has 0 spiro atoms. The molecule has 0 unspecified atom stereocenters. The Kier molecular flexibility index (Phi) is 4.21. The van der Waals surface area contributed by atoms with Crippen LogP contribution in [0.4, 0.5) is 13.2 Å². The van der Waals surface area contributed by atoms with Crippen LogP contribution in [0.2, 0.25) is 0 Å². The van der Waals surface area contributed by atoms with Crippen molar-refractivity contribution >= 4 is 10.0 Å². The van der Waals surface area contributed by atoms with Gasteiger partial charge in [0.15, 0.2) is 0 Å². The van der Waals surface area contributed by atoms with Gasteiger partial charge in [-0.25, -0.2) is 8.42 Å². The molecule has 1 aromatic rings. The summed E-state index contributed by atoms with van der Waals surface area (Å²) in [4.78, 5) is -0.235. The minimum Gasteiger partial charge on any atom is -0.406 e. The summed E-state index contributed by atoms with van der Waals surface area (Å²) in [6.07, 6.45) is -4.86. The number of sulfonamides is 1. The van der Waals surface area contributed by atoms with Gasteiger partial charge in [0.2, 0.25) is 10.0 Å². The molecule has 5 nitrogen and oxygen atoms in total. The number of alkyl halides is 3. The quantitative estimate of drug-likeness (QED) is 0.851. The highest BCUT2D eigenvalue weighted by molar-refractivity contribution is 7.89. The first kappa shape index (κ1) is 15.1. The summed E-state index contributed by atoms with van der Waals surface area (Å²) < 4.78 is 70.8. The highest BCUT2D eigenvalue weighted by Crippen LogP contribution is 2.26. The van der Waals surface area contributed by atoms with Gasteiger partial charge >= 0.3 is 6.36 Å². The number of ether oxygens (including phenoxy) is 2. The van der Waals surface area contributed by atoms with Crippen LogP contribution in [0.3, 0.4) is 0 Å². The third-order valence-electron chi connectivity index (χ3n) is 2.65. The van der Waals surface area contributed by atoms with Gasteiger partial charge in [0.25, 0.3) is 0 Å². The van der Waals surface area contributed by atoms with Crippen LogP contribution in [0.25, 0.3) is 0 Å². The Morgan fingerprint density at radius 3 is 2.45 bits per heavy atom. The Hall–Kier alpha value is -1.32. The maximum absolute atomic E-state index is 12.2. The van der Waals surface area contributed by atoms with Gasteiger partial charge in [-0.05, 0) is 12.1 Å². The van der Waals surface area contributed by atoms with Crippen LogP contribution in [0.5, 0.6) is 5.75 Å². The Labute approximate surface area is 113 Å². The van der Waals surface area contributed by atoms with Gasteiger partial charge in [-0.1, -0.05) is 6.07 Å². The van der Waals surface area contributed by atoms with Crippen molar-refractivity contribution in [3.8, 4) is 5.75 Å². The van der Waals surface area contributed by atoms with Crippen molar-refractivity contribution in [3.05, 3.63) is 24.3 Å². The van der Waals surface area contributed by atoms with E-state index >= 15 is 0 Å². The van der Waals surface area contributed by atoms with Crippen molar-refractivity contribution in [2.75, 3.05) is 26.3 Å². The second kappa shape index (κ2) is 5.58. The molecule has 0 saturated carbocycles. The average Bonchev–Trinajstić information content (AvgIpc) is 2.38. The third kappa shape index (κ3) is 3.62. The SMILES string of the molecule is O=S(=O)(c1cccc(OC(F)(F)F)c1)N1CCOCC1. The lowest BCUT2D eigenvalue weighted by molar-refractivity contribution is -0.274. The molecule has 1 aliphatic heterocycles. The molecular formula is C11H12F3NO4S. The number of morpholine rings is 1. The Bertz CT molecular complexity index is 567. The summed E-state index contributed by atoms with van der Waals surface area (Å²) in [5, 5.41) is 0. The van der Waals surface area contributed by atoms with E-state index in [4.69, 9.17) is 4.74 Å². The summed E-state index contributed by atoms with van der Waals surface area (Å²) in [6.45, 7) is 0.870. The van der Waals surface area contributed by atoms with E-state index in [1.165, 1.54) is 16.4 Å². The second-order valence-corrected chi connectivity index (χ2v) is 5.98. The predicted octanol–water partition coefficient (Wildman–Crippen LogP) is 1.61. The van der Waals surface area contributed by atoms with Crippen LogP contribution in [0, 0.1) is 0 Å². The van der Waals surface area contributed by atoms with Gasteiger partial charge in [-0.3, -0.25) is 0 Å². The Morgan fingerprint density at radius 1 is 1.20 bits per heavy atom. The lowest BCUT2D eigenvalue weighted by atomic mass is 10.3. The van der Waals surface area contributed by atoms with Crippen molar-refractivity contribution in [1.82, 2.24) is 4.31 Å². The molecule has 0 N–H and O–H groups in total. The number of nitrogens with zero attached hydrogens (tertiary/aromatic N) is 1. The van der Waals surface area contributed by atoms with Gasteiger partial charge in [0.05, 0.1) is 18.1 Å². The monoisotopic (exact) mass is 311 g/mol. The van der Waals surface area contributed by atoms with E-state index < -0.39 is 22.1 Å². The summed E-state index contributed by atoms with van der Waals surface area (Å²) in [5.74, 6) is -0.563. The van der Waals surface area contributed by atoms with Crippen LogP contribution in [0.15, 0.2) is 29.2 Å². The molecule has 0 aliphatic carbocycles. The molecule has 1 saturated heterocycles. The standard InChI is InChI=1S/C11H12F3NO4S/c12-11(13,14)19-9-2-1-3-10(8-9)20(16,17)15-4-6-18-7-5-15/h1-3,8H,4-7H2. The molecule has 1 fully saturated rings. The first-order valence-electron chi connectivity index (χ1n) is 5.73. The Morgan fingerprint density at radius 2 is 1.85 bits per heavy atom. The first-order chi connectivity index (χ1) is 9.29.